The van der Waals surface area contributed by atoms with Crippen LogP contribution in [-0.4, -0.2) is 11.5 Å². The van der Waals surface area contributed by atoms with Gasteiger partial charge in [-0.3, -0.25) is 0 Å². The first-order chi connectivity index (χ1) is 7.90. The van der Waals surface area contributed by atoms with Crippen molar-refractivity contribution < 1.29 is 0 Å². The Morgan fingerprint density at radius 2 is 2.06 bits per heavy atom. The van der Waals surface area contributed by atoms with E-state index in [1.807, 2.05) is 36.4 Å². The minimum absolute atomic E-state index is 0.237. The average molecular weight is 210 g/mol. The Hall–Kier alpha value is -2.21. The van der Waals surface area contributed by atoms with Gasteiger partial charge in [-0.2, -0.15) is 4.91 Å². The van der Waals surface area contributed by atoms with Gasteiger partial charge in [-0.25, -0.2) is 4.98 Å². The Morgan fingerprint density at radius 3 is 2.94 bits per heavy atom. The molecule has 0 saturated carbocycles. The van der Waals surface area contributed by atoms with E-state index in [1.54, 1.807) is 0 Å². The summed E-state index contributed by atoms with van der Waals surface area (Å²) in [5.41, 5.74) is 1.66. The lowest BCUT2D eigenvalue weighted by Gasteiger charge is -1.96. The molecule has 0 radical (unpaired) electrons. The first kappa shape index (κ1) is 10.3. The van der Waals surface area contributed by atoms with Gasteiger partial charge in [0.15, 0.2) is 0 Å². The number of fused-ring (bicyclic) bond motifs is 1. The topological polar surface area (TPSA) is 42.3 Å². The lowest BCUT2D eigenvalue weighted by Crippen LogP contribution is -1.84. The first-order valence-electron chi connectivity index (χ1n) is 5.04. The van der Waals surface area contributed by atoms with E-state index in [0.29, 0.717) is 6.42 Å². The highest BCUT2D eigenvalue weighted by atomic mass is 16.3. The van der Waals surface area contributed by atoms with Crippen molar-refractivity contribution in [3.05, 3.63) is 47.0 Å². The molecule has 16 heavy (non-hydrogen) atoms. The van der Waals surface area contributed by atoms with Gasteiger partial charge in [0.2, 0.25) is 0 Å². The standard InChI is InChI=1S/C13H10N2O/c16-14-10-4-3-6-12-9-8-11-5-1-2-7-13(11)15-12/h1-2,5,7-9H,4,10H2. The highest BCUT2D eigenvalue weighted by Crippen LogP contribution is 2.10. The molecule has 3 heteroatoms. The van der Waals surface area contributed by atoms with Crippen molar-refractivity contribution in [1.82, 2.24) is 4.98 Å². The number of benzene rings is 1. The van der Waals surface area contributed by atoms with Crippen molar-refractivity contribution in [1.29, 1.82) is 0 Å². The Morgan fingerprint density at radius 1 is 1.19 bits per heavy atom. The zero-order chi connectivity index (χ0) is 11.2. The van der Waals surface area contributed by atoms with Crippen LogP contribution < -0.4 is 0 Å². The molecule has 0 aliphatic rings. The minimum Gasteiger partial charge on any atom is -0.239 e. The normalized spacial score (nSPS) is 9.50. The van der Waals surface area contributed by atoms with Crippen molar-refractivity contribution >= 4 is 10.9 Å². The summed E-state index contributed by atoms with van der Waals surface area (Å²) in [6.07, 6.45) is 0.484. The van der Waals surface area contributed by atoms with Crippen LogP contribution in [0.15, 0.2) is 41.6 Å². The number of para-hydroxylation sites is 1. The van der Waals surface area contributed by atoms with Gasteiger partial charge in [0.25, 0.3) is 0 Å². The molecule has 0 aliphatic carbocycles. The fraction of sp³-hybridized carbons (Fsp3) is 0.154. The number of nitroso groups, excluding NO2 is 1. The molecule has 0 amide bonds. The van der Waals surface area contributed by atoms with Crippen LogP contribution in [0.5, 0.6) is 0 Å². The van der Waals surface area contributed by atoms with Gasteiger partial charge in [0.05, 0.1) is 12.1 Å². The predicted octanol–water partition coefficient (Wildman–Crippen LogP) is 2.74. The molecule has 2 aromatic rings. The van der Waals surface area contributed by atoms with E-state index in [2.05, 4.69) is 22.0 Å². The molecule has 0 unspecified atom stereocenters. The Bertz CT molecular complexity index is 567. The number of nitrogens with zero attached hydrogens (tertiary/aromatic N) is 2. The predicted molar refractivity (Wildman–Crippen MR) is 63.9 cm³/mol. The van der Waals surface area contributed by atoms with Gasteiger partial charge in [0.1, 0.15) is 5.69 Å². The van der Waals surface area contributed by atoms with E-state index in [0.717, 1.165) is 16.6 Å². The maximum absolute atomic E-state index is 9.86. The lowest BCUT2D eigenvalue weighted by atomic mass is 10.2. The lowest BCUT2D eigenvalue weighted by molar-refractivity contribution is 1.02. The third kappa shape index (κ3) is 2.43. The SMILES string of the molecule is O=NCCC#Cc1ccc2ccccc2n1. The van der Waals surface area contributed by atoms with E-state index in [9.17, 15) is 4.91 Å². The first-order valence-corrected chi connectivity index (χ1v) is 5.04. The third-order valence-electron chi connectivity index (χ3n) is 2.14. The van der Waals surface area contributed by atoms with Gasteiger partial charge >= 0.3 is 0 Å². The quantitative estimate of drug-likeness (QED) is 0.434. The summed E-state index contributed by atoms with van der Waals surface area (Å²) < 4.78 is 0. The molecule has 0 aliphatic heterocycles. The maximum atomic E-state index is 9.86. The van der Waals surface area contributed by atoms with Crippen LogP contribution in [0.2, 0.25) is 0 Å². The molecule has 1 aromatic heterocycles. The maximum Gasteiger partial charge on any atom is 0.113 e. The largest absolute Gasteiger partial charge is 0.239 e. The fourth-order valence-electron chi connectivity index (χ4n) is 1.39. The molecule has 0 fully saturated rings. The molecule has 0 atom stereocenters. The summed E-state index contributed by atoms with van der Waals surface area (Å²) >= 11 is 0. The van der Waals surface area contributed by atoms with E-state index < -0.39 is 0 Å². The monoisotopic (exact) mass is 210 g/mol. The van der Waals surface area contributed by atoms with E-state index in [-0.39, 0.29) is 6.54 Å². The van der Waals surface area contributed by atoms with Gasteiger partial charge in [-0.05, 0) is 18.1 Å². The van der Waals surface area contributed by atoms with Crippen LogP contribution in [0, 0.1) is 16.7 Å². The Kier molecular flexibility index (Phi) is 3.25. The highest BCUT2D eigenvalue weighted by Gasteiger charge is 1.93. The molecule has 0 spiro atoms. The van der Waals surface area contributed by atoms with Gasteiger partial charge in [-0.15, -0.1) is 0 Å². The second-order valence-corrected chi connectivity index (χ2v) is 3.29. The van der Waals surface area contributed by atoms with Crippen LogP contribution in [0.3, 0.4) is 0 Å². The van der Waals surface area contributed by atoms with Crippen LogP contribution in [0.25, 0.3) is 10.9 Å². The molecule has 2 rings (SSSR count). The molecule has 78 valence electrons. The highest BCUT2D eigenvalue weighted by molar-refractivity contribution is 5.78. The van der Waals surface area contributed by atoms with Gasteiger partial charge in [-0.1, -0.05) is 35.4 Å². The van der Waals surface area contributed by atoms with Crippen LogP contribution in [0.1, 0.15) is 12.1 Å². The Balaban J connectivity index is 2.24. The molecule has 0 saturated heterocycles. The second kappa shape index (κ2) is 5.04. The van der Waals surface area contributed by atoms with E-state index in [1.165, 1.54) is 0 Å². The molecule has 1 aromatic carbocycles. The van der Waals surface area contributed by atoms with Crippen LogP contribution >= 0.6 is 0 Å². The van der Waals surface area contributed by atoms with Crippen molar-refractivity contribution in [3.63, 3.8) is 0 Å². The number of rotatable bonds is 2. The molecule has 1 heterocycles. The summed E-state index contributed by atoms with van der Waals surface area (Å²) in [4.78, 5) is 14.2. The summed E-state index contributed by atoms with van der Waals surface area (Å²) in [6.45, 7) is 0.237. The third-order valence-corrected chi connectivity index (χ3v) is 2.14. The number of hydrogen-bond acceptors (Lipinski definition) is 3. The summed E-state index contributed by atoms with van der Waals surface area (Å²) in [5.74, 6) is 5.77. The zero-order valence-electron chi connectivity index (χ0n) is 8.68. The van der Waals surface area contributed by atoms with Crippen molar-refractivity contribution in [2.75, 3.05) is 6.54 Å². The van der Waals surface area contributed by atoms with Gasteiger partial charge in [0, 0.05) is 11.8 Å². The summed E-state index contributed by atoms with van der Waals surface area (Å²) in [7, 11) is 0. The Labute approximate surface area is 93.5 Å². The number of pyridine rings is 1. The molecular formula is C13H10N2O. The van der Waals surface area contributed by atoms with Crippen molar-refractivity contribution in [2.45, 2.75) is 6.42 Å². The van der Waals surface area contributed by atoms with E-state index >= 15 is 0 Å². The van der Waals surface area contributed by atoms with E-state index in [4.69, 9.17) is 0 Å². The molecule has 3 nitrogen and oxygen atoms in total. The minimum atomic E-state index is 0.237. The molecule has 0 bridgehead atoms. The summed E-state index contributed by atoms with van der Waals surface area (Å²) in [6, 6.07) is 11.8. The van der Waals surface area contributed by atoms with Crippen LogP contribution in [-0.2, 0) is 0 Å². The van der Waals surface area contributed by atoms with Gasteiger partial charge < -0.3 is 0 Å². The number of aromatic nitrogens is 1. The molecular weight excluding hydrogens is 200 g/mol. The van der Waals surface area contributed by atoms with Crippen LogP contribution in [0.4, 0.5) is 0 Å². The smallest absolute Gasteiger partial charge is 0.113 e. The molecule has 0 N–H and O–H groups in total. The van der Waals surface area contributed by atoms with Crippen molar-refractivity contribution in [3.8, 4) is 11.8 Å². The number of hydrogen-bond donors (Lipinski definition) is 0. The zero-order valence-corrected chi connectivity index (χ0v) is 8.68. The van der Waals surface area contributed by atoms with Crippen molar-refractivity contribution in [2.24, 2.45) is 5.18 Å². The second-order valence-electron chi connectivity index (χ2n) is 3.29. The average Bonchev–Trinajstić information content (AvgIpc) is 2.34. The fourth-order valence-corrected chi connectivity index (χ4v) is 1.39. The summed E-state index contributed by atoms with van der Waals surface area (Å²) in [5, 5.41) is 3.84.